The molecule has 2 atom stereocenters. The van der Waals surface area contributed by atoms with Gasteiger partial charge in [-0.05, 0) is 112 Å². The van der Waals surface area contributed by atoms with Crippen LogP contribution in [0, 0.1) is 0 Å². The first-order chi connectivity index (χ1) is 31.6. The van der Waals surface area contributed by atoms with Gasteiger partial charge >= 0.3 is 0 Å². The minimum absolute atomic E-state index is 0.0166. The molecule has 20 heteroatoms. The van der Waals surface area contributed by atoms with Crippen molar-refractivity contribution in [3.8, 4) is 11.5 Å². The molecule has 5 aromatic carbocycles. The van der Waals surface area contributed by atoms with E-state index in [-0.39, 0.29) is 80.4 Å². The van der Waals surface area contributed by atoms with Crippen molar-refractivity contribution in [3.63, 3.8) is 0 Å². The zero-order chi connectivity index (χ0) is 47.9. The Hall–Kier alpha value is -6.72. The Morgan fingerprint density at radius 2 is 0.939 bits per heavy atom. The summed E-state index contributed by atoms with van der Waals surface area (Å²) in [6.07, 6.45) is 0. The second-order valence-electron chi connectivity index (χ2n) is 14.0. The van der Waals surface area contributed by atoms with Crippen LogP contribution < -0.4 is 30.7 Å². The predicted molar refractivity (Wildman–Crippen MR) is 255 cm³/mol. The van der Waals surface area contributed by atoms with Gasteiger partial charge in [0.15, 0.2) is 23.1 Å². The van der Waals surface area contributed by atoms with Gasteiger partial charge in [-0.25, -0.2) is 0 Å². The number of nitrogens with one attached hydrogen (secondary N) is 4. The van der Waals surface area contributed by atoms with Crippen LogP contribution in [0.4, 0.5) is 34.1 Å². The van der Waals surface area contributed by atoms with E-state index in [0.29, 0.717) is 11.4 Å². The molecule has 0 aliphatic carbocycles. The van der Waals surface area contributed by atoms with E-state index in [1.165, 1.54) is 48.5 Å². The van der Waals surface area contributed by atoms with E-state index >= 15 is 0 Å². The maximum absolute atomic E-state index is 13.6. The molecule has 0 saturated heterocycles. The number of halogens is 4. The molecule has 342 valence electrons. The van der Waals surface area contributed by atoms with Crippen molar-refractivity contribution in [2.24, 2.45) is 20.5 Å². The monoisotopic (exact) mass is 974 g/mol. The molecule has 66 heavy (non-hydrogen) atoms. The molecule has 0 fully saturated rings. The van der Waals surface area contributed by atoms with Gasteiger partial charge in [-0.1, -0.05) is 47.5 Å². The third-order valence-corrected chi connectivity index (χ3v) is 10.4. The summed E-state index contributed by atoms with van der Waals surface area (Å²) in [5, 5.41) is 27.1. The standard InChI is InChI=1S/C46H42Cl4N8O8/c1-5-65-41-37(53-45(63)39(25(3)59)57-55-31-13-15-35(49)33(21-31)43(61)51-29-11-7-9-27(19-29)23-47)17-18-38(42(41)66-6-2)54-46(64)40(26(4)60)58-56-32-14-16-36(50)34(22-32)44(62)52-30-12-8-10-28(20-30)24-48/h7-22,39-40H,5-6,23-24H2,1-4H3,(H,51,61)(H,52,62)(H,53,63)(H,54,64). The lowest BCUT2D eigenvalue weighted by molar-refractivity contribution is -0.127. The summed E-state index contributed by atoms with van der Waals surface area (Å²) in [4.78, 5) is 79.1. The highest BCUT2D eigenvalue weighted by Gasteiger charge is 2.29. The van der Waals surface area contributed by atoms with Gasteiger partial charge in [-0.2, -0.15) is 20.5 Å². The van der Waals surface area contributed by atoms with Gasteiger partial charge in [-0.3, -0.25) is 28.8 Å². The van der Waals surface area contributed by atoms with Gasteiger partial charge in [-0.15, -0.1) is 23.2 Å². The Balaban J connectivity index is 1.34. The minimum Gasteiger partial charge on any atom is -0.488 e. The number of Topliss-reactive ketones (excluding diaryl/α,β-unsaturated/α-hetero) is 2. The Kier molecular flexibility index (Phi) is 18.3. The van der Waals surface area contributed by atoms with Gasteiger partial charge in [0.05, 0.1) is 57.1 Å². The molecular weight excluding hydrogens is 934 g/mol. The van der Waals surface area contributed by atoms with Crippen molar-refractivity contribution >= 4 is 116 Å². The van der Waals surface area contributed by atoms with E-state index in [9.17, 15) is 28.8 Å². The molecule has 0 heterocycles. The lowest BCUT2D eigenvalue weighted by Gasteiger charge is -2.20. The molecule has 0 aliphatic rings. The summed E-state index contributed by atoms with van der Waals surface area (Å²) < 4.78 is 11.7. The summed E-state index contributed by atoms with van der Waals surface area (Å²) in [6, 6.07) is 21.9. The average molecular weight is 977 g/mol. The Bertz CT molecular complexity index is 2530. The van der Waals surface area contributed by atoms with Crippen LogP contribution >= 0.6 is 46.4 Å². The topological polar surface area (TPSA) is 218 Å². The fourth-order valence-corrected chi connectivity index (χ4v) is 6.72. The van der Waals surface area contributed by atoms with Crippen molar-refractivity contribution in [2.75, 3.05) is 34.5 Å². The van der Waals surface area contributed by atoms with Crippen molar-refractivity contribution in [1.82, 2.24) is 0 Å². The first-order valence-electron chi connectivity index (χ1n) is 20.0. The van der Waals surface area contributed by atoms with E-state index < -0.39 is 47.3 Å². The van der Waals surface area contributed by atoms with Gasteiger partial charge < -0.3 is 30.7 Å². The first kappa shape index (κ1) is 50.3. The molecule has 5 rings (SSSR count). The minimum atomic E-state index is -1.65. The Labute approximate surface area is 399 Å². The van der Waals surface area contributed by atoms with Crippen LogP contribution in [0.1, 0.15) is 59.5 Å². The molecule has 0 radical (unpaired) electrons. The van der Waals surface area contributed by atoms with Crippen LogP contribution in [0.2, 0.25) is 10.0 Å². The number of alkyl halides is 2. The second-order valence-corrected chi connectivity index (χ2v) is 15.4. The number of nitrogens with zero attached hydrogens (tertiary/aromatic N) is 4. The van der Waals surface area contributed by atoms with E-state index in [1.807, 2.05) is 12.1 Å². The van der Waals surface area contributed by atoms with Gasteiger partial charge in [0.1, 0.15) is 0 Å². The lowest BCUT2D eigenvalue weighted by atomic mass is 10.1. The number of hydrogen-bond acceptors (Lipinski definition) is 12. The summed E-state index contributed by atoms with van der Waals surface area (Å²) >= 11 is 24.5. The molecule has 2 unspecified atom stereocenters. The molecule has 5 aromatic rings. The fourth-order valence-electron chi connectivity index (χ4n) is 5.98. The molecule has 16 nitrogen and oxygen atoms in total. The average Bonchev–Trinajstić information content (AvgIpc) is 3.29. The number of amides is 4. The van der Waals surface area contributed by atoms with Crippen LogP contribution in [0.25, 0.3) is 0 Å². The number of ketones is 2. The van der Waals surface area contributed by atoms with Gasteiger partial charge in [0.2, 0.25) is 12.1 Å². The fraction of sp³-hybridized carbons (Fsp3) is 0.217. The highest BCUT2D eigenvalue weighted by molar-refractivity contribution is 6.35. The van der Waals surface area contributed by atoms with Crippen LogP contribution in [0.5, 0.6) is 11.5 Å². The number of hydrogen-bond donors (Lipinski definition) is 4. The zero-order valence-electron chi connectivity index (χ0n) is 35.8. The molecule has 4 N–H and O–H groups in total. The second kappa shape index (κ2) is 24.0. The maximum atomic E-state index is 13.6. The molecule has 0 aliphatic heterocycles. The number of ether oxygens (including phenoxy) is 2. The van der Waals surface area contributed by atoms with Gasteiger partial charge in [0, 0.05) is 23.1 Å². The normalized spacial score (nSPS) is 12.0. The molecule has 0 spiro atoms. The summed E-state index contributed by atoms with van der Waals surface area (Å²) in [5.74, 6) is -3.72. The van der Waals surface area contributed by atoms with Crippen LogP contribution in [0.15, 0.2) is 118 Å². The maximum Gasteiger partial charge on any atom is 0.258 e. The number of rotatable bonds is 20. The number of carbonyl (C=O) groups excluding carboxylic acids is 6. The summed E-state index contributed by atoms with van der Waals surface area (Å²) in [5.41, 5.74) is 3.04. The van der Waals surface area contributed by atoms with Crippen LogP contribution in [0.3, 0.4) is 0 Å². The largest absolute Gasteiger partial charge is 0.488 e. The highest BCUT2D eigenvalue weighted by Crippen LogP contribution is 2.42. The molecule has 0 aromatic heterocycles. The number of benzene rings is 5. The molecule has 0 saturated carbocycles. The van der Waals surface area contributed by atoms with Crippen molar-refractivity contribution in [2.45, 2.75) is 51.5 Å². The molecular formula is C46H42Cl4N8O8. The molecule has 4 amide bonds. The zero-order valence-corrected chi connectivity index (χ0v) is 38.8. The Morgan fingerprint density at radius 1 is 0.545 bits per heavy atom. The SMILES string of the molecule is CCOc1c(NC(=O)C(N=Nc2ccc(Cl)c(C(=O)Nc3cccc(CCl)c3)c2)C(C)=O)ccc(NC(=O)C(N=Nc2ccc(Cl)c(C(=O)Nc3cccc(CCl)c3)c2)C(C)=O)c1OCC. The van der Waals surface area contributed by atoms with E-state index in [2.05, 4.69) is 41.7 Å². The van der Waals surface area contributed by atoms with Crippen molar-refractivity contribution < 1.29 is 38.2 Å². The summed E-state index contributed by atoms with van der Waals surface area (Å²) in [7, 11) is 0. The third kappa shape index (κ3) is 13.4. The van der Waals surface area contributed by atoms with Crippen LogP contribution in [-0.4, -0.2) is 60.5 Å². The lowest BCUT2D eigenvalue weighted by Crippen LogP contribution is -2.32. The predicted octanol–water partition coefficient (Wildman–Crippen LogP) is 11.1. The number of carbonyl (C=O) groups is 6. The van der Waals surface area contributed by atoms with E-state index in [4.69, 9.17) is 55.9 Å². The molecule has 0 bridgehead atoms. The highest BCUT2D eigenvalue weighted by atomic mass is 35.5. The van der Waals surface area contributed by atoms with E-state index in [0.717, 1.165) is 25.0 Å². The first-order valence-corrected chi connectivity index (χ1v) is 21.9. The number of azo groups is 2. The van der Waals surface area contributed by atoms with Crippen LogP contribution in [-0.2, 0) is 30.9 Å². The van der Waals surface area contributed by atoms with Crippen molar-refractivity contribution in [3.05, 3.63) is 129 Å². The Morgan fingerprint density at radius 3 is 1.29 bits per heavy atom. The third-order valence-electron chi connectivity index (χ3n) is 9.12. The van der Waals surface area contributed by atoms with E-state index in [1.54, 1.807) is 50.2 Å². The smallest absolute Gasteiger partial charge is 0.258 e. The van der Waals surface area contributed by atoms with Gasteiger partial charge in [0.25, 0.3) is 23.6 Å². The van der Waals surface area contributed by atoms with Crippen molar-refractivity contribution in [1.29, 1.82) is 0 Å². The quantitative estimate of drug-likeness (QED) is 0.0333. The number of anilines is 4. The summed E-state index contributed by atoms with van der Waals surface area (Å²) in [6.45, 7) is 5.81.